The van der Waals surface area contributed by atoms with E-state index < -0.39 is 5.54 Å². The molecule has 0 aromatic heterocycles. The first-order valence-corrected chi connectivity index (χ1v) is 12.8. The van der Waals surface area contributed by atoms with Gasteiger partial charge in [-0.1, -0.05) is 30.3 Å². The molecule has 2 aromatic rings. The van der Waals surface area contributed by atoms with Crippen molar-refractivity contribution in [3.8, 4) is 5.75 Å². The number of fused-ring (bicyclic) bond motifs is 3. The summed E-state index contributed by atoms with van der Waals surface area (Å²) in [7, 11) is 0. The SMILES string of the molecule is O=C1NC(=O)C2(N3Cc4cc(O[C@H]5CCC[C@@H]5N5CC(c6ccccc6)C5)ccc4C3=O)CC1C2. The van der Waals surface area contributed by atoms with Crippen LogP contribution in [0.4, 0.5) is 0 Å². The molecule has 0 unspecified atom stereocenters. The summed E-state index contributed by atoms with van der Waals surface area (Å²) in [6, 6.07) is 16.9. The molecule has 1 N–H and O–H groups in total. The van der Waals surface area contributed by atoms with Gasteiger partial charge in [-0.05, 0) is 61.4 Å². The third kappa shape index (κ3) is 3.17. The van der Waals surface area contributed by atoms with Crippen molar-refractivity contribution < 1.29 is 19.1 Å². The molecule has 2 bridgehead atoms. The first-order chi connectivity index (χ1) is 17.0. The van der Waals surface area contributed by atoms with Crippen molar-refractivity contribution in [1.29, 1.82) is 0 Å². The molecule has 8 rings (SSSR count). The molecule has 4 heterocycles. The van der Waals surface area contributed by atoms with Gasteiger partial charge < -0.3 is 9.64 Å². The van der Waals surface area contributed by atoms with E-state index in [4.69, 9.17) is 4.74 Å². The summed E-state index contributed by atoms with van der Waals surface area (Å²) in [6.07, 6.45) is 4.38. The number of nitrogens with one attached hydrogen (secondary N) is 1. The third-order valence-electron chi connectivity index (χ3n) is 8.95. The Kier molecular flexibility index (Phi) is 4.62. The van der Waals surface area contributed by atoms with E-state index in [0.29, 0.717) is 36.9 Å². The number of ether oxygens (including phenoxy) is 1. The highest BCUT2D eigenvalue weighted by atomic mass is 16.5. The number of amides is 3. The quantitative estimate of drug-likeness (QED) is 0.679. The Morgan fingerprint density at radius 3 is 2.51 bits per heavy atom. The molecular formula is C28H29N3O4. The summed E-state index contributed by atoms with van der Waals surface area (Å²) < 4.78 is 6.50. The van der Waals surface area contributed by atoms with Crippen molar-refractivity contribution in [1.82, 2.24) is 15.1 Å². The molecule has 35 heavy (non-hydrogen) atoms. The Labute approximate surface area is 204 Å². The largest absolute Gasteiger partial charge is 0.489 e. The highest BCUT2D eigenvalue weighted by Gasteiger charge is 2.63. The maximum absolute atomic E-state index is 13.2. The van der Waals surface area contributed by atoms with Crippen molar-refractivity contribution in [2.24, 2.45) is 5.92 Å². The zero-order valence-electron chi connectivity index (χ0n) is 19.6. The average Bonchev–Trinajstić information content (AvgIpc) is 3.37. The molecule has 3 amide bonds. The van der Waals surface area contributed by atoms with E-state index in [0.717, 1.165) is 43.7 Å². The van der Waals surface area contributed by atoms with Gasteiger partial charge in [-0.3, -0.25) is 24.6 Å². The van der Waals surface area contributed by atoms with Crippen LogP contribution in [0.1, 0.15) is 59.5 Å². The molecule has 2 atom stereocenters. The van der Waals surface area contributed by atoms with E-state index in [1.807, 2.05) is 18.2 Å². The minimum Gasteiger partial charge on any atom is -0.489 e. The van der Waals surface area contributed by atoms with Gasteiger partial charge >= 0.3 is 0 Å². The number of carbonyl (C=O) groups is 3. The Bertz CT molecular complexity index is 1220. The number of piperidine rings is 2. The lowest BCUT2D eigenvalue weighted by Crippen LogP contribution is -2.73. The molecule has 2 aliphatic carbocycles. The molecule has 4 aliphatic heterocycles. The van der Waals surface area contributed by atoms with Crippen molar-refractivity contribution in [2.75, 3.05) is 13.1 Å². The molecule has 0 spiro atoms. The molecule has 3 saturated heterocycles. The number of hydrogen-bond acceptors (Lipinski definition) is 5. The highest BCUT2D eigenvalue weighted by Crippen LogP contribution is 2.49. The van der Waals surface area contributed by atoms with Crippen LogP contribution >= 0.6 is 0 Å². The summed E-state index contributed by atoms with van der Waals surface area (Å²) in [5.41, 5.74) is 2.08. The maximum atomic E-state index is 13.2. The van der Waals surface area contributed by atoms with Crippen LogP contribution in [-0.2, 0) is 16.1 Å². The zero-order chi connectivity index (χ0) is 23.7. The lowest BCUT2D eigenvalue weighted by atomic mass is 9.63. The first kappa shape index (κ1) is 21.1. The molecule has 7 nitrogen and oxygen atoms in total. The number of benzene rings is 2. The Morgan fingerprint density at radius 2 is 1.74 bits per heavy atom. The summed E-state index contributed by atoms with van der Waals surface area (Å²) >= 11 is 0. The molecule has 180 valence electrons. The maximum Gasteiger partial charge on any atom is 0.255 e. The average molecular weight is 472 g/mol. The van der Waals surface area contributed by atoms with Gasteiger partial charge in [0.15, 0.2) is 0 Å². The molecule has 5 fully saturated rings. The summed E-state index contributed by atoms with van der Waals surface area (Å²) in [4.78, 5) is 41.9. The topological polar surface area (TPSA) is 79.0 Å². The minimum absolute atomic E-state index is 0.124. The lowest BCUT2D eigenvalue weighted by Gasteiger charge is -2.53. The van der Waals surface area contributed by atoms with Gasteiger partial charge in [0, 0.05) is 43.1 Å². The van der Waals surface area contributed by atoms with Gasteiger partial charge in [-0.25, -0.2) is 0 Å². The lowest BCUT2D eigenvalue weighted by molar-refractivity contribution is -0.160. The van der Waals surface area contributed by atoms with Crippen LogP contribution in [0.5, 0.6) is 5.75 Å². The molecule has 7 heteroatoms. The summed E-state index contributed by atoms with van der Waals surface area (Å²) in [5.74, 6) is 0.570. The predicted molar refractivity (Wildman–Crippen MR) is 128 cm³/mol. The van der Waals surface area contributed by atoms with Crippen LogP contribution in [0.2, 0.25) is 0 Å². The van der Waals surface area contributed by atoms with Gasteiger partial charge in [0.25, 0.3) is 11.8 Å². The molecule has 2 aromatic carbocycles. The van der Waals surface area contributed by atoms with Crippen LogP contribution in [0, 0.1) is 5.92 Å². The van der Waals surface area contributed by atoms with E-state index in [9.17, 15) is 14.4 Å². The van der Waals surface area contributed by atoms with E-state index >= 15 is 0 Å². The van der Waals surface area contributed by atoms with Crippen molar-refractivity contribution in [3.63, 3.8) is 0 Å². The standard InChI is InChI=1S/C28H29N3O4/c32-25-19-12-28(13-19,27(34)29-25)31-16-18-11-21(9-10-22(18)26(31)33)35-24-8-4-7-23(24)30-14-20(15-30)17-5-2-1-3-6-17/h1-3,5-6,9-11,19-20,23-24H,4,7-8,12-16H2,(H,29,32,34)/t19?,23-,24-,28?/m0/s1. The summed E-state index contributed by atoms with van der Waals surface area (Å²) in [6.45, 7) is 2.55. The third-order valence-corrected chi connectivity index (χ3v) is 8.95. The van der Waals surface area contributed by atoms with Gasteiger partial charge in [0.2, 0.25) is 5.91 Å². The number of nitrogens with zero attached hydrogens (tertiary/aromatic N) is 2. The van der Waals surface area contributed by atoms with Gasteiger partial charge in [-0.15, -0.1) is 0 Å². The van der Waals surface area contributed by atoms with E-state index in [2.05, 4.69) is 40.5 Å². The Morgan fingerprint density at radius 1 is 0.943 bits per heavy atom. The highest BCUT2D eigenvalue weighted by molar-refractivity contribution is 6.10. The predicted octanol–water partition coefficient (Wildman–Crippen LogP) is 2.85. The Hall–Kier alpha value is -3.19. The number of imide groups is 1. The second-order valence-corrected chi connectivity index (χ2v) is 10.9. The van der Waals surface area contributed by atoms with Crippen molar-refractivity contribution in [2.45, 2.75) is 62.3 Å². The fraction of sp³-hybridized carbons (Fsp3) is 0.464. The fourth-order valence-electron chi connectivity index (χ4n) is 6.87. The molecule has 2 saturated carbocycles. The van der Waals surface area contributed by atoms with Gasteiger partial charge in [0.1, 0.15) is 17.4 Å². The number of hydrogen-bond donors (Lipinski definition) is 1. The second-order valence-electron chi connectivity index (χ2n) is 10.9. The normalized spacial score (nSPS) is 32.2. The monoisotopic (exact) mass is 471 g/mol. The molecule has 6 aliphatic rings. The van der Waals surface area contributed by atoms with Crippen LogP contribution in [0.3, 0.4) is 0 Å². The van der Waals surface area contributed by atoms with Crippen LogP contribution in [0.15, 0.2) is 48.5 Å². The number of rotatable bonds is 5. The van der Waals surface area contributed by atoms with Gasteiger partial charge in [0.05, 0.1) is 0 Å². The van der Waals surface area contributed by atoms with Crippen LogP contribution in [0.25, 0.3) is 0 Å². The minimum atomic E-state index is -0.876. The number of carbonyl (C=O) groups excluding carboxylic acids is 3. The number of likely N-dealkylation sites (tertiary alicyclic amines) is 1. The van der Waals surface area contributed by atoms with Gasteiger partial charge in [-0.2, -0.15) is 0 Å². The van der Waals surface area contributed by atoms with E-state index in [1.165, 1.54) is 5.56 Å². The van der Waals surface area contributed by atoms with Crippen molar-refractivity contribution in [3.05, 3.63) is 65.2 Å². The second kappa shape index (κ2) is 7.65. The van der Waals surface area contributed by atoms with Crippen molar-refractivity contribution >= 4 is 17.7 Å². The Balaban J connectivity index is 1.03. The molecular weight excluding hydrogens is 442 g/mol. The van der Waals surface area contributed by atoms with Crippen LogP contribution < -0.4 is 10.1 Å². The summed E-state index contributed by atoms with van der Waals surface area (Å²) in [5, 5.41) is 2.44. The van der Waals surface area contributed by atoms with E-state index in [1.54, 1.807) is 4.90 Å². The van der Waals surface area contributed by atoms with E-state index in [-0.39, 0.29) is 29.7 Å². The first-order valence-electron chi connectivity index (χ1n) is 12.8. The molecule has 0 radical (unpaired) electrons. The van der Waals surface area contributed by atoms with Crippen LogP contribution in [-0.4, -0.2) is 58.3 Å². The fourth-order valence-corrected chi connectivity index (χ4v) is 6.87. The smallest absolute Gasteiger partial charge is 0.255 e. The zero-order valence-corrected chi connectivity index (χ0v) is 19.6.